The summed E-state index contributed by atoms with van der Waals surface area (Å²) in [5.41, 5.74) is 4.76. The molecule has 0 atom stereocenters. The molecule has 7 heteroatoms. The van der Waals surface area contributed by atoms with E-state index in [0.717, 1.165) is 34.1 Å². The van der Waals surface area contributed by atoms with Gasteiger partial charge in [0.05, 0.1) is 28.3 Å². The maximum Gasteiger partial charge on any atom is 0.255 e. The zero-order chi connectivity index (χ0) is 18.8. The van der Waals surface area contributed by atoms with E-state index in [1.54, 1.807) is 28.9 Å². The van der Waals surface area contributed by atoms with Crippen LogP contribution in [0.15, 0.2) is 28.8 Å². The average molecular weight is 354 g/mol. The zero-order valence-electron chi connectivity index (χ0n) is 15.6. The summed E-state index contributed by atoms with van der Waals surface area (Å²) in [5.74, 6) is 1.25. The number of hydrogen-bond acceptors (Lipinski definition) is 5. The monoisotopic (exact) mass is 354 g/mol. The minimum absolute atomic E-state index is 0.179. The van der Waals surface area contributed by atoms with E-state index in [4.69, 9.17) is 9.26 Å². The van der Waals surface area contributed by atoms with Crippen LogP contribution in [0.2, 0.25) is 0 Å². The standard InChI is InChI=1S/C19H22N4O3/c1-11-17(14(4)26-22-11)10-25-16-8-6-15(7-9-16)19(24)20-18-12(2)21-23(5)13(18)3/h6-9H,10H2,1-5H3,(H,20,24). The van der Waals surface area contributed by atoms with Crippen molar-refractivity contribution in [3.8, 4) is 5.75 Å². The van der Waals surface area contributed by atoms with Crippen LogP contribution < -0.4 is 10.1 Å². The number of benzene rings is 1. The van der Waals surface area contributed by atoms with Gasteiger partial charge in [0.2, 0.25) is 0 Å². The highest BCUT2D eigenvalue weighted by Crippen LogP contribution is 2.21. The summed E-state index contributed by atoms with van der Waals surface area (Å²) < 4.78 is 12.6. The molecule has 7 nitrogen and oxygen atoms in total. The molecule has 0 saturated carbocycles. The molecule has 0 radical (unpaired) electrons. The molecule has 136 valence electrons. The lowest BCUT2D eigenvalue weighted by atomic mass is 10.2. The van der Waals surface area contributed by atoms with Gasteiger partial charge in [0.15, 0.2) is 0 Å². The quantitative estimate of drug-likeness (QED) is 0.758. The number of carbonyl (C=O) groups is 1. The molecule has 0 spiro atoms. The number of aromatic nitrogens is 3. The van der Waals surface area contributed by atoms with Gasteiger partial charge in [0.1, 0.15) is 18.1 Å². The molecular formula is C19H22N4O3. The summed E-state index contributed by atoms with van der Waals surface area (Å²) in [4.78, 5) is 12.5. The lowest BCUT2D eigenvalue weighted by Crippen LogP contribution is -2.13. The van der Waals surface area contributed by atoms with Crippen molar-refractivity contribution >= 4 is 11.6 Å². The van der Waals surface area contributed by atoms with E-state index in [1.807, 2.05) is 34.7 Å². The molecular weight excluding hydrogens is 332 g/mol. The smallest absolute Gasteiger partial charge is 0.255 e. The largest absolute Gasteiger partial charge is 0.489 e. The first-order valence-electron chi connectivity index (χ1n) is 8.33. The fraction of sp³-hybridized carbons (Fsp3) is 0.316. The Kier molecular flexibility index (Phi) is 4.79. The molecule has 0 bridgehead atoms. The Bertz CT molecular complexity index is 919. The molecule has 26 heavy (non-hydrogen) atoms. The second kappa shape index (κ2) is 7.03. The molecule has 0 unspecified atom stereocenters. The first-order chi connectivity index (χ1) is 12.4. The Morgan fingerprint density at radius 1 is 1.15 bits per heavy atom. The van der Waals surface area contributed by atoms with E-state index in [9.17, 15) is 4.79 Å². The first kappa shape index (κ1) is 17.7. The van der Waals surface area contributed by atoms with Crippen molar-refractivity contribution in [3.05, 3.63) is 58.2 Å². The number of carbonyl (C=O) groups excluding carboxylic acids is 1. The van der Waals surface area contributed by atoms with Crippen LogP contribution in [0.5, 0.6) is 5.75 Å². The maximum atomic E-state index is 12.5. The number of rotatable bonds is 5. The molecule has 0 saturated heterocycles. The van der Waals surface area contributed by atoms with Gasteiger partial charge < -0.3 is 14.6 Å². The van der Waals surface area contributed by atoms with Gasteiger partial charge in [-0.05, 0) is 52.0 Å². The predicted molar refractivity (Wildman–Crippen MR) is 97.4 cm³/mol. The van der Waals surface area contributed by atoms with E-state index in [1.165, 1.54) is 0 Å². The van der Waals surface area contributed by atoms with Crippen LogP contribution in [-0.4, -0.2) is 20.8 Å². The van der Waals surface area contributed by atoms with Crippen LogP contribution in [0.4, 0.5) is 5.69 Å². The van der Waals surface area contributed by atoms with Gasteiger partial charge in [-0.25, -0.2) is 0 Å². The van der Waals surface area contributed by atoms with Crippen molar-refractivity contribution in [1.82, 2.24) is 14.9 Å². The molecule has 1 amide bonds. The van der Waals surface area contributed by atoms with Crippen molar-refractivity contribution in [2.75, 3.05) is 5.32 Å². The van der Waals surface area contributed by atoms with E-state index in [2.05, 4.69) is 15.6 Å². The third kappa shape index (κ3) is 3.46. The third-order valence-corrected chi connectivity index (χ3v) is 4.43. The lowest BCUT2D eigenvalue weighted by Gasteiger charge is -2.08. The molecule has 2 heterocycles. The predicted octanol–water partition coefficient (Wildman–Crippen LogP) is 3.47. The summed E-state index contributed by atoms with van der Waals surface area (Å²) in [6.45, 7) is 7.90. The van der Waals surface area contributed by atoms with Gasteiger partial charge in [-0.3, -0.25) is 9.48 Å². The number of ether oxygens (including phenoxy) is 1. The summed E-state index contributed by atoms with van der Waals surface area (Å²) >= 11 is 0. The minimum Gasteiger partial charge on any atom is -0.489 e. The lowest BCUT2D eigenvalue weighted by molar-refractivity contribution is 0.102. The van der Waals surface area contributed by atoms with E-state index >= 15 is 0 Å². The van der Waals surface area contributed by atoms with Gasteiger partial charge in [0, 0.05) is 12.6 Å². The Hall–Kier alpha value is -3.09. The van der Waals surface area contributed by atoms with Crippen molar-refractivity contribution in [2.24, 2.45) is 7.05 Å². The summed E-state index contributed by atoms with van der Waals surface area (Å²) in [6, 6.07) is 7.02. The van der Waals surface area contributed by atoms with Crippen LogP contribution >= 0.6 is 0 Å². The average Bonchev–Trinajstić information content (AvgIpc) is 3.06. The molecule has 0 aliphatic rings. The SMILES string of the molecule is Cc1noc(C)c1COc1ccc(C(=O)Nc2c(C)nn(C)c2C)cc1. The van der Waals surface area contributed by atoms with Crippen LogP contribution in [0, 0.1) is 27.7 Å². The molecule has 0 aliphatic carbocycles. The number of nitrogens with one attached hydrogen (secondary N) is 1. The van der Waals surface area contributed by atoms with Crippen LogP contribution in [0.3, 0.4) is 0 Å². The normalized spacial score (nSPS) is 10.8. The molecule has 0 fully saturated rings. The molecule has 3 aromatic rings. The maximum absolute atomic E-state index is 12.5. The topological polar surface area (TPSA) is 82.2 Å². The highest BCUT2D eigenvalue weighted by atomic mass is 16.5. The van der Waals surface area contributed by atoms with Gasteiger partial charge in [-0.2, -0.15) is 5.10 Å². The summed E-state index contributed by atoms with van der Waals surface area (Å²) in [5, 5.41) is 11.1. The first-order valence-corrected chi connectivity index (χ1v) is 8.33. The van der Waals surface area contributed by atoms with Crippen LogP contribution in [0.25, 0.3) is 0 Å². The number of nitrogens with zero attached hydrogens (tertiary/aromatic N) is 3. The molecule has 1 aromatic carbocycles. The Morgan fingerprint density at radius 3 is 2.38 bits per heavy atom. The van der Waals surface area contributed by atoms with Crippen LogP contribution in [0.1, 0.15) is 38.8 Å². The summed E-state index contributed by atoms with van der Waals surface area (Å²) in [6.07, 6.45) is 0. The van der Waals surface area contributed by atoms with Crippen LogP contribution in [-0.2, 0) is 13.7 Å². The Labute approximate surface area is 151 Å². The number of amides is 1. The number of hydrogen-bond donors (Lipinski definition) is 1. The second-order valence-electron chi connectivity index (χ2n) is 6.24. The van der Waals surface area contributed by atoms with E-state index in [-0.39, 0.29) is 5.91 Å². The fourth-order valence-electron chi connectivity index (χ4n) is 2.71. The van der Waals surface area contributed by atoms with Gasteiger partial charge in [0.25, 0.3) is 5.91 Å². The highest BCUT2D eigenvalue weighted by Gasteiger charge is 2.14. The van der Waals surface area contributed by atoms with E-state index < -0.39 is 0 Å². The molecule has 3 rings (SSSR count). The van der Waals surface area contributed by atoms with Gasteiger partial charge >= 0.3 is 0 Å². The molecule has 0 aliphatic heterocycles. The molecule has 1 N–H and O–H groups in total. The number of anilines is 1. The van der Waals surface area contributed by atoms with Crippen molar-refractivity contribution in [3.63, 3.8) is 0 Å². The minimum atomic E-state index is -0.179. The third-order valence-electron chi connectivity index (χ3n) is 4.43. The zero-order valence-corrected chi connectivity index (χ0v) is 15.6. The molecule has 2 aromatic heterocycles. The Balaban J connectivity index is 1.66. The van der Waals surface area contributed by atoms with Gasteiger partial charge in [-0.1, -0.05) is 5.16 Å². The van der Waals surface area contributed by atoms with Crippen molar-refractivity contribution in [1.29, 1.82) is 0 Å². The van der Waals surface area contributed by atoms with Crippen molar-refractivity contribution in [2.45, 2.75) is 34.3 Å². The van der Waals surface area contributed by atoms with Gasteiger partial charge in [-0.15, -0.1) is 0 Å². The fourth-order valence-corrected chi connectivity index (χ4v) is 2.71. The van der Waals surface area contributed by atoms with Crippen molar-refractivity contribution < 1.29 is 14.1 Å². The summed E-state index contributed by atoms with van der Waals surface area (Å²) in [7, 11) is 1.85. The number of aryl methyl sites for hydroxylation is 4. The van der Waals surface area contributed by atoms with E-state index in [0.29, 0.717) is 17.9 Å². The second-order valence-corrected chi connectivity index (χ2v) is 6.24. The Morgan fingerprint density at radius 2 is 1.85 bits per heavy atom. The highest BCUT2D eigenvalue weighted by molar-refractivity contribution is 6.04.